The van der Waals surface area contributed by atoms with Crippen molar-refractivity contribution in [1.82, 2.24) is 4.57 Å². The van der Waals surface area contributed by atoms with E-state index in [0.29, 0.717) is 0 Å². The minimum absolute atomic E-state index is 0.126. The molecule has 2 rings (SSSR count). The van der Waals surface area contributed by atoms with Gasteiger partial charge in [0.2, 0.25) is 10.0 Å². The lowest BCUT2D eigenvalue weighted by Crippen LogP contribution is -2.12. The molecule has 4 nitrogen and oxygen atoms in total. The summed E-state index contributed by atoms with van der Waals surface area (Å²) in [7, 11) is -3.65. The van der Waals surface area contributed by atoms with Crippen LogP contribution in [0.4, 0.5) is 0 Å². The number of rotatable bonds is 2. The molecule has 0 unspecified atom stereocenters. The first-order chi connectivity index (χ1) is 7.43. The molecule has 0 spiro atoms. The maximum absolute atomic E-state index is 11.3. The Morgan fingerprint density at radius 3 is 2.69 bits per heavy atom. The van der Waals surface area contributed by atoms with E-state index in [1.807, 2.05) is 23.8 Å². The van der Waals surface area contributed by atoms with Crippen LogP contribution in [-0.4, -0.2) is 13.0 Å². The van der Waals surface area contributed by atoms with Crippen molar-refractivity contribution in [2.45, 2.75) is 18.4 Å². The number of sulfonamides is 1. The van der Waals surface area contributed by atoms with Crippen molar-refractivity contribution in [2.24, 2.45) is 5.14 Å². The molecule has 0 amide bonds. The van der Waals surface area contributed by atoms with Gasteiger partial charge in [0.15, 0.2) is 0 Å². The number of halogens is 1. The Morgan fingerprint density at radius 1 is 1.44 bits per heavy atom. The number of nitrogens with two attached hydrogens (primary N) is 1. The number of benzene rings is 1. The molecule has 1 aromatic carbocycles. The number of primary sulfonamides is 1. The molecule has 0 aliphatic heterocycles. The van der Waals surface area contributed by atoms with E-state index in [1.165, 1.54) is 6.07 Å². The molecule has 0 radical (unpaired) electrons. The van der Waals surface area contributed by atoms with Crippen molar-refractivity contribution >= 4 is 36.9 Å². The van der Waals surface area contributed by atoms with Gasteiger partial charge in [0.25, 0.3) is 0 Å². The van der Waals surface area contributed by atoms with Crippen LogP contribution in [0.2, 0.25) is 0 Å². The Balaban J connectivity index is 2.80. The van der Waals surface area contributed by atoms with Gasteiger partial charge in [0.05, 0.1) is 10.4 Å². The van der Waals surface area contributed by atoms with E-state index >= 15 is 0 Å². The first-order valence-corrected chi connectivity index (χ1v) is 7.08. The van der Waals surface area contributed by atoms with E-state index in [9.17, 15) is 8.42 Å². The van der Waals surface area contributed by atoms with Crippen molar-refractivity contribution in [3.05, 3.63) is 28.9 Å². The van der Waals surface area contributed by atoms with Crippen LogP contribution in [0.25, 0.3) is 10.9 Å². The monoisotopic (exact) mass is 302 g/mol. The molecule has 0 aliphatic rings. The van der Waals surface area contributed by atoms with Crippen LogP contribution in [0.5, 0.6) is 0 Å². The van der Waals surface area contributed by atoms with Gasteiger partial charge in [-0.05, 0) is 41.1 Å². The zero-order chi connectivity index (χ0) is 11.9. The molecule has 0 saturated carbocycles. The Kier molecular flexibility index (Phi) is 2.81. The van der Waals surface area contributed by atoms with Gasteiger partial charge in [-0.3, -0.25) is 0 Å². The summed E-state index contributed by atoms with van der Waals surface area (Å²) in [4.78, 5) is 0.126. The number of fused-ring (bicyclic) bond motifs is 1. The van der Waals surface area contributed by atoms with E-state index in [0.717, 1.165) is 21.9 Å². The molecule has 0 saturated heterocycles. The fourth-order valence-corrected chi connectivity index (χ4v) is 3.13. The minimum atomic E-state index is -3.65. The molecule has 0 atom stereocenters. The molecular weight excluding hydrogens is 292 g/mol. The molecule has 16 heavy (non-hydrogen) atoms. The lowest BCUT2D eigenvalue weighted by Gasteiger charge is -2.05. The second kappa shape index (κ2) is 3.87. The zero-order valence-corrected chi connectivity index (χ0v) is 11.0. The number of hydrogen-bond acceptors (Lipinski definition) is 2. The predicted octanol–water partition coefficient (Wildman–Crippen LogP) is 2.07. The van der Waals surface area contributed by atoms with Crippen molar-refractivity contribution in [3.63, 3.8) is 0 Å². The lowest BCUT2D eigenvalue weighted by molar-refractivity contribution is 0.598. The molecule has 0 fully saturated rings. The highest BCUT2D eigenvalue weighted by Gasteiger charge is 2.13. The van der Waals surface area contributed by atoms with Crippen LogP contribution in [0, 0.1) is 0 Å². The summed E-state index contributed by atoms with van der Waals surface area (Å²) in [5.74, 6) is 0. The molecule has 0 bridgehead atoms. The maximum atomic E-state index is 11.3. The van der Waals surface area contributed by atoms with Crippen molar-refractivity contribution < 1.29 is 8.42 Å². The van der Waals surface area contributed by atoms with E-state index < -0.39 is 10.0 Å². The number of nitrogens with zero attached hydrogens (tertiary/aromatic N) is 1. The molecular formula is C10H11BrN2O2S. The highest BCUT2D eigenvalue weighted by molar-refractivity contribution is 9.10. The molecule has 2 N–H and O–H groups in total. The lowest BCUT2D eigenvalue weighted by atomic mass is 10.2. The minimum Gasteiger partial charge on any atom is -0.347 e. The number of hydrogen-bond donors (Lipinski definition) is 1. The molecule has 2 aromatic rings. The van der Waals surface area contributed by atoms with Crippen LogP contribution >= 0.6 is 15.9 Å². The second-order valence-corrected chi connectivity index (χ2v) is 5.91. The van der Waals surface area contributed by atoms with Crippen LogP contribution in [-0.2, 0) is 16.6 Å². The van der Waals surface area contributed by atoms with Crippen LogP contribution < -0.4 is 5.14 Å². The van der Waals surface area contributed by atoms with Gasteiger partial charge >= 0.3 is 0 Å². The third-order valence-electron chi connectivity index (χ3n) is 2.46. The average Bonchev–Trinajstić information content (AvgIpc) is 2.59. The largest absolute Gasteiger partial charge is 0.347 e. The Hall–Kier alpha value is -0.850. The summed E-state index contributed by atoms with van der Waals surface area (Å²) in [6, 6.07) is 4.99. The Labute approximate surface area is 102 Å². The van der Waals surface area contributed by atoms with Crippen molar-refractivity contribution in [3.8, 4) is 0 Å². The molecule has 1 heterocycles. The van der Waals surface area contributed by atoms with Gasteiger partial charge in [0.1, 0.15) is 0 Å². The maximum Gasteiger partial charge on any atom is 0.238 e. The van der Waals surface area contributed by atoms with Crippen LogP contribution in [0.1, 0.15) is 6.92 Å². The Morgan fingerprint density at radius 2 is 2.12 bits per heavy atom. The fraction of sp³-hybridized carbons (Fsp3) is 0.200. The second-order valence-electron chi connectivity index (χ2n) is 3.49. The normalized spacial score (nSPS) is 12.2. The highest BCUT2D eigenvalue weighted by atomic mass is 79.9. The third-order valence-corrected chi connectivity index (χ3v) is 3.95. The summed E-state index contributed by atoms with van der Waals surface area (Å²) in [5.41, 5.74) is 0.981. The van der Waals surface area contributed by atoms with Gasteiger partial charge < -0.3 is 4.57 Å². The van der Waals surface area contributed by atoms with Crippen molar-refractivity contribution in [1.29, 1.82) is 0 Å². The van der Waals surface area contributed by atoms with Crippen LogP contribution in [0.15, 0.2) is 33.8 Å². The van der Waals surface area contributed by atoms with Gasteiger partial charge in [-0.2, -0.15) is 0 Å². The first kappa shape index (κ1) is 11.6. The van der Waals surface area contributed by atoms with E-state index in [2.05, 4.69) is 15.9 Å². The smallest absolute Gasteiger partial charge is 0.238 e. The summed E-state index contributed by atoms with van der Waals surface area (Å²) in [6.07, 6.45) is 1.92. The zero-order valence-electron chi connectivity index (χ0n) is 8.64. The summed E-state index contributed by atoms with van der Waals surface area (Å²) < 4.78 is 25.3. The summed E-state index contributed by atoms with van der Waals surface area (Å²) in [5, 5.41) is 5.96. The van der Waals surface area contributed by atoms with E-state index in [1.54, 1.807) is 6.07 Å². The summed E-state index contributed by atoms with van der Waals surface area (Å²) >= 11 is 3.37. The Bertz CT molecular complexity index is 646. The quantitative estimate of drug-likeness (QED) is 0.923. The number of aryl methyl sites for hydroxylation is 1. The van der Waals surface area contributed by atoms with Gasteiger partial charge in [0, 0.05) is 22.6 Å². The van der Waals surface area contributed by atoms with E-state index in [4.69, 9.17) is 5.14 Å². The molecule has 0 aliphatic carbocycles. The van der Waals surface area contributed by atoms with E-state index in [-0.39, 0.29) is 4.90 Å². The summed E-state index contributed by atoms with van der Waals surface area (Å²) in [6.45, 7) is 2.86. The fourth-order valence-electron chi connectivity index (χ4n) is 1.70. The van der Waals surface area contributed by atoms with Gasteiger partial charge in [-0.1, -0.05) is 0 Å². The standard InChI is InChI=1S/C10H11BrN2O2S/c1-2-13-4-3-7-5-8(16(12,14)15)6-9(11)10(7)13/h3-6H,2H2,1H3,(H2,12,14,15). The first-order valence-electron chi connectivity index (χ1n) is 4.74. The molecule has 1 aromatic heterocycles. The third kappa shape index (κ3) is 1.88. The van der Waals surface area contributed by atoms with Crippen molar-refractivity contribution in [2.75, 3.05) is 0 Å². The topological polar surface area (TPSA) is 65.1 Å². The van der Waals surface area contributed by atoms with Gasteiger partial charge in [-0.15, -0.1) is 0 Å². The molecule has 6 heteroatoms. The average molecular weight is 303 g/mol. The SMILES string of the molecule is CCn1ccc2cc(S(N)(=O)=O)cc(Br)c21. The van der Waals surface area contributed by atoms with Crippen LogP contribution in [0.3, 0.4) is 0 Å². The predicted molar refractivity (Wildman–Crippen MR) is 66.7 cm³/mol. The number of aromatic nitrogens is 1. The van der Waals surface area contributed by atoms with Gasteiger partial charge in [-0.25, -0.2) is 13.6 Å². The highest BCUT2D eigenvalue weighted by Crippen LogP contribution is 2.28. The molecule has 86 valence electrons.